The summed E-state index contributed by atoms with van der Waals surface area (Å²) in [6.45, 7) is 0.851. The lowest BCUT2D eigenvalue weighted by molar-refractivity contribution is 0.406. The van der Waals surface area contributed by atoms with Crippen molar-refractivity contribution in [3.63, 3.8) is 0 Å². The smallest absolute Gasteiger partial charge is 0.175 e. The standard InChI is InChI=1S/C16H18N4O2S2/c1-20(2)9-12-8-14-15(17-10-18-16(14)23-12)19-11-4-6-13(7-5-11)24(3,21)22/h4-8,10H,9H2,1-3H3,(H,17,18,19). The van der Waals surface area contributed by atoms with E-state index < -0.39 is 9.84 Å². The summed E-state index contributed by atoms with van der Waals surface area (Å²) in [6, 6.07) is 8.73. The lowest BCUT2D eigenvalue weighted by Crippen LogP contribution is -2.09. The zero-order valence-electron chi connectivity index (χ0n) is 13.6. The van der Waals surface area contributed by atoms with Crippen molar-refractivity contribution in [1.82, 2.24) is 14.9 Å². The molecule has 3 aromatic rings. The van der Waals surface area contributed by atoms with E-state index in [1.807, 2.05) is 14.1 Å². The highest BCUT2D eigenvalue weighted by molar-refractivity contribution is 7.90. The molecule has 0 aliphatic heterocycles. The highest BCUT2D eigenvalue weighted by atomic mass is 32.2. The molecule has 0 aliphatic rings. The van der Waals surface area contributed by atoms with Gasteiger partial charge < -0.3 is 10.2 Å². The van der Waals surface area contributed by atoms with Gasteiger partial charge in [-0.3, -0.25) is 0 Å². The number of anilines is 2. The summed E-state index contributed by atoms with van der Waals surface area (Å²) in [4.78, 5) is 13.2. The van der Waals surface area contributed by atoms with Crippen molar-refractivity contribution in [2.75, 3.05) is 25.7 Å². The molecule has 0 unspecified atom stereocenters. The van der Waals surface area contributed by atoms with Crippen molar-refractivity contribution in [2.45, 2.75) is 11.4 Å². The van der Waals surface area contributed by atoms with Crippen molar-refractivity contribution in [1.29, 1.82) is 0 Å². The van der Waals surface area contributed by atoms with E-state index in [2.05, 4.69) is 26.3 Å². The van der Waals surface area contributed by atoms with Gasteiger partial charge in [0.2, 0.25) is 0 Å². The van der Waals surface area contributed by atoms with Crippen LogP contribution in [0.25, 0.3) is 10.2 Å². The predicted octanol–water partition coefficient (Wildman–Crippen LogP) is 2.90. The van der Waals surface area contributed by atoms with Gasteiger partial charge in [-0.1, -0.05) is 0 Å². The molecule has 24 heavy (non-hydrogen) atoms. The van der Waals surface area contributed by atoms with E-state index in [0.717, 1.165) is 22.4 Å². The van der Waals surface area contributed by atoms with Crippen LogP contribution in [-0.4, -0.2) is 43.6 Å². The average Bonchev–Trinajstić information content (AvgIpc) is 2.89. The summed E-state index contributed by atoms with van der Waals surface area (Å²) in [6.07, 6.45) is 2.73. The van der Waals surface area contributed by atoms with E-state index in [-0.39, 0.29) is 0 Å². The minimum atomic E-state index is -3.19. The third-order valence-electron chi connectivity index (χ3n) is 3.40. The summed E-state index contributed by atoms with van der Waals surface area (Å²) in [5, 5.41) is 4.20. The lowest BCUT2D eigenvalue weighted by atomic mass is 10.3. The summed E-state index contributed by atoms with van der Waals surface area (Å²) < 4.78 is 23.0. The van der Waals surface area contributed by atoms with Crippen LogP contribution in [0, 0.1) is 0 Å². The summed E-state index contributed by atoms with van der Waals surface area (Å²) in [5.41, 5.74) is 0.780. The fourth-order valence-electron chi connectivity index (χ4n) is 2.32. The van der Waals surface area contributed by atoms with Crippen LogP contribution >= 0.6 is 11.3 Å². The Hall–Kier alpha value is -2.03. The number of nitrogens with zero attached hydrogens (tertiary/aromatic N) is 3. The number of sulfone groups is 1. The third kappa shape index (κ3) is 3.72. The molecule has 0 saturated carbocycles. The van der Waals surface area contributed by atoms with Crippen molar-refractivity contribution in [2.24, 2.45) is 0 Å². The molecule has 6 nitrogen and oxygen atoms in total. The number of hydrogen-bond acceptors (Lipinski definition) is 7. The molecule has 1 aromatic carbocycles. The van der Waals surface area contributed by atoms with Crippen molar-refractivity contribution >= 4 is 42.9 Å². The molecule has 0 aliphatic carbocycles. The topological polar surface area (TPSA) is 75.2 Å². The molecule has 0 radical (unpaired) electrons. The van der Waals surface area contributed by atoms with Gasteiger partial charge in [-0.25, -0.2) is 18.4 Å². The van der Waals surface area contributed by atoms with Gasteiger partial charge in [-0.2, -0.15) is 0 Å². The Morgan fingerprint density at radius 2 is 1.88 bits per heavy atom. The number of aromatic nitrogens is 2. The van der Waals surface area contributed by atoms with Gasteiger partial charge in [0, 0.05) is 23.4 Å². The first-order chi connectivity index (χ1) is 11.3. The van der Waals surface area contributed by atoms with Crippen LogP contribution in [0.2, 0.25) is 0 Å². The Balaban J connectivity index is 1.91. The van der Waals surface area contributed by atoms with Crippen molar-refractivity contribution in [3.8, 4) is 0 Å². The maximum atomic E-state index is 11.5. The average molecular weight is 362 g/mol. The number of fused-ring (bicyclic) bond motifs is 1. The Labute approximate surface area is 145 Å². The number of benzene rings is 1. The summed E-state index contributed by atoms with van der Waals surface area (Å²) >= 11 is 1.64. The zero-order valence-corrected chi connectivity index (χ0v) is 15.3. The molecule has 0 spiro atoms. The van der Waals surface area contributed by atoms with Crippen LogP contribution in [-0.2, 0) is 16.4 Å². The lowest BCUT2D eigenvalue weighted by Gasteiger charge is -2.07. The van der Waals surface area contributed by atoms with Crippen LogP contribution in [0.4, 0.5) is 11.5 Å². The van der Waals surface area contributed by atoms with E-state index in [1.54, 1.807) is 35.6 Å². The minimum Gasteiger partial charge on any atom is -0.340 e. The zero-order chi connectivity index (χ0) is 17.3. The van der Waals surface area contributed by atoms with Crippen LogP contribution < -0.4 is 5.32 Å². The van der Waals surface area contributed by atoms with E-state index in [0.29, 0.717) is 10.7 Å². The van der Waals surface area contributed by atoms with Gasteiger partial charge in [-0.15, -0.1) is 11.3 Å². The normalized spacial score (nSPS) is 12.0. The molecular formula is C16H18N4O2S2. The van der Waals surface area contributed by atoms with Crippen molar-refractivity contribution in [3.05, 3.63) is 41.5 Å². The number of nitrogens with one attached hydrogen (secondary N) is 1. The predicted molar refractivity (Wildman–Crippen MR) is 97.6 cm³/mol. The molecule has 2 aromatic heterocycles. The van der Waals surface area contributed by atoms with Gasteiger partial charge in [0.1, 0.15) is 17.0 Å². The highest BCUT2D eigenvalue weighted by Crippen LogP contribution is 2.30. The molecule has 2 heterocycles. The second kappa shape index (κ2) is 6.46. The number of thiophene rings is 1. The van der Waals surface area contributed by atoms with E-state index in [4.69, 9.17) is 0 Å². The van der Waals surface area contributed by atoms with E-state index >= 15 is 0 Å². The first-order valence-electron chi connectivity index (χ1n) is 7.28. The maximum absolute atomic E-state index is 11.5. The van der Waals surface area contributed by atoms with Crippen molar-refractivity contribution < 1.29 is 8.42 Å². The molecule has 0 bridgehead atoms. The monoisotopic (exact) mass is 362 g/mol. The second-order valence-corrected chi connectivity index (χ2v) is 8.94. The number of rotatable bonds is 5. The maximum Gasteiger partial charge on any atom is 0.175 e. The molecule has 126 valence electrons. The first-order valence-corrected chi connectivity index (χ1v) is 9.99. The Kier molecular flexibility index (Phi) is 4.53. The highest BCUT2D eigenvalue weighted by Gasteiger charge is 2.11. The second-order valence-electron chi connectivity index (χ2n) is 5.81. The molecule has 0 fully saturated rings. The molecular weight excluding hydrogens is 344 g/mol. The largest absolute Gasteiger partial charge is 0.340 e. The SMILES string of the molecule is CN(C)Cc1cc2c(Nc3ccc(S(C)(=O)=O)cc3)ncnc2s1. The summed E-state index contributed by atoms with van der Waals surface area (Å²) in [7, 11) is 0.861. The third-order valence-corrected chi connectivity index (χ3v) is 5.55. The van der Waals surface area contributed by atoms with Crippen LogP contribution in [0.5, 0.6) is 0 Å². The summed E-state index contributed by atoms with van der Waals surface area (Å²) in [5.74, 6) is 0.716. The minimum absolute atomic E-state index is 0.296. The van der Waals surface area contributed by atoms with Gasteiger partial charge in [0.25, 0.3) is 0 Å². The first kappa shape index (κ1) is 16.8. The molecule has 0 atom stereocenters. The fraction of sp³-hybridized carbons (Fsp3) is 0.250. The van der Waals surface area contributed by atoms with Crippen LogP contribution in [0.1, 0.15) is 4.88 Å². The van der Waals surface area contributed by atoms with Gasteiger partial charge in [0.05, 0.1) is 10.3 Å². The number of hydrogen-bond donors (Lipinski definition) is 1. The fourth-order valence-corrected chi connectivity index (χ4v) is 4.06. The Morgan fingerprint density at radius 3 is 2.50 bits per heavy atom. The van der Waals surface area contributed by atoms with Gasteiger partial charge in [0.15, 0.2) is 9.84 Å². The molecule has 0 amide bonds. The molecule has 0 saturated heterocycles. The van der Waals surface area contributed by atoms with Crippen LogP contribution in [0.15, 0.2) is 41.6 Å². The van der Waals surface area contributed by atoms with Gasteiger partial charge in [-0.05, 0) is 44.4 Å². The molecule has 1 N–H and O–H groups in total. The van der Waals surface area contributed by atoms with E-state index in [1.165, 1.54) is 17.5 Å². The van der Waals surface area contributed by atoms with E-state index in [9.17, 15) is 8.42 Å². The Morgan fingerprint density at radius 1 is 1.17 bits per heavy atom. The molecule has 3 rings (SSSR count). The van der Waals surface area contributed by atoms with Gasteiger partial charge >= 0.3 is 0 Å². The molecule has 8 heteroatoms. The van der Waals surface area contributed by atoms with Crippen LogP contribution in [0.3, 0.4) is 0 Å². The Bertz CT molecular complexity index is 963. The quantitative estimate of drug-likeness (QED) is 0.752.